The van der Waals surface area contributed by atoms with E-state index in [-0.39, 0.29) is 29.6 Å². The van der Waals surface area contributed by atoms with E-state index in [9.17, 15) is 14.0 Å². The van der Waals surface area contributed by atoms with Gasteiger partial charge in [-0.2, -0.15) is 0 Å². The summed E-state index contributed by atoms with van der Waals surface area (Å²) in [6, 6.07) is 4.39. The number of halogens is 1. The van der Waals surface area contributed by atoms with E-state index in [1.54, 1.807) is 11.0 Å². The smallest absolute Gasteiger partial charge is 0.328 e. The minimum absolute atomic E-state index is 0.0599. The SMILES string of the molecule is CC1N=C2/C(=C/C(=O)O)CCCN2C(=O)C1CCN1CCC(c2noc3cc(F)ccc23)CC1. The van der Waals surface area contributed by atoms with Crippen LogP contribution in [0.15, 0.2) is 39.4 Å². The van der Waals surface area contributed by atoms with Gasteiger partial charge < -0.3 is 14.5 Å². The Kier molecular flexibility index (Phi) is 6.20. The number of aliphatic imine (C=N–C) groups is 1. The minimum atomic E-state index is -1.00. The average molecular weight is 469 g/mol. The average Bonchev–Trinajstić information content (AvgIpc) is 3.22. The molecular weight excluding hydrogens is 439 g/mol. The van der Waals surface area contributed by atoms with E-state index in [0.717, 1.165) is 56.4 Å². The Balaban J connectivity index is 1.19. The highest BCUT2D eigenvalue weighted by atomic mass is 19.1. The van der Waals surface area contributed by atoms with Crippen molar-refractivity contribution in [3.63, 3.8) is 0 Å². The second-order valence-electron chi connectivity index (χ2n) is 9.51. The van der Waals surface area contributed by atoms with E-state index in [1.165, 1.54) is 18.2 Å². The van der Waals surface area contributed by atoms with Crippen molar-refractivity contribution in [3.05, 3.63) is 41.4 Å². The number of carbonyl (C=O) groups is 2. The van der Waals surface area contributed by atoms with Crippen molar-refractivity contribution >= 4 is 28.7 Å². The van der Waals surface area contributed by atoms with Crippen molar-refractivity contribution in [2.45, 2.75) is 51.0 Å². The van der Waals surface area contributed by atoms with E-state index in [4.69, 9.17) is 14.6 Å². The molecule has 0 bridgehead atoms. The van der Waals surface area contributed by atoms with E-state index >= 15 is 0 Å². The molecule has 2 saturated heterocycles. The van der Waals surface area contributed by atoms with Crippen LogP contribution in [0.4, 0.5) is 4.39 Å². The number of hydrogen-bond acceptors (Lipinski definition) is 6. The standard InChI is InChI=1S/C25H29FN4O4/c1-15-19(25(33)30-9-2-3-17(13-22(31)32)24(30)27-15)8-12-29-10-6-16(7-11-29)23-20-5-4-18(26)14-21(20)34-28-23/h4-5,13-16,19H,2-3,6-12H2,1H3,(H,31,32)/b17-13+. The number of nitrogens with zero attached hydrogens (tertiary/aromatic N) is 4. The van der Waals surface area contributed by atoms with Crippen LogP contribution in [0.2, 0.25) is 0 Å². The summed E-state index contributed by atoms with van der Waals surface area (Å²) >= 11 is 0. The van der Waals surface area contributed by atoms with Gasteiger partial charge >= 0.3 is 5.97 Å². The number of hydrogen-bond donors (Lipinski definition) is 1. The summed E-state index contributed by atoms with van der Waals surface area (Å²) in [6.45, 7) is 5.16. The van der Waals surface area contributed by atoms with Crippen LogP contribution >= 0.6 is 0 Å². The van der Waals surface area contributed by atoms with Crippen molar-refractivity contribution in [3.8, 4) is 0 Å². The van der Waals surface area contributed by atoms with Crippen LogP contribution < -0.4 is 0 Å². The van der Waals surface area contributed by atoms with Gasteiger partial charge in [0, 0.05) is 35.6 Å². The third kappa shape index (κ3) is 4.36. The molecule has 0 spiro atoms. The number of aliphatic carboxylic acids is 1. The fourth-order valence-corrected chi connectivity index (χ4v) is 5.50. The lowest BCUT2D eigenvalue weighted by atomic mass is 9.89. The van der Waals surface area contributed by atoms with Crippen molar-refractivity contribution in [1.82, 2.24) is 15.0 Å². The molecule has 34 heavy (non-hydrogen) atoms. The van der Waals surface area contributed by atoms with Crippen molar-refractivity contribution in [2.24, 2.45) is 10.9 Å². The van der Waals surface area contributed by atoms with Crippen molar-refractivity contribution in [1.29, 1.82) is 0 Å². The number of amides is 1. The molecule has 2 aromatic rings. The van der Waals surface area contributed by atoms with Crippen LogP contribution in [-0.4, -0.2) is 70.0 Å². The molecule has 2 unspecified atom stereocenters. The van der Waals surface area contributed by atoms with E-state index in [2.05, 4.69) is 10.1 Å². The number of benzene rings is 1. The Morgan fingerprint density at radius 3 is 2.85 bits per heavy atom. The number of likely N-dealkylation sites (tertiary alicyclic amines) is 1. The number of aromatic nitrogens is 1. The monoisotopic (exact) mass is 468 g/mol. The number of carbonyl (C=O) groups excluding carboxylic acids is 1. The number of piperidine rings is 2. The molecule has 0 radical (unpaired) electrons. The quantitative estimate of drug-likeness (QED) is 0.674. The predicted octanol–water partition coefficient (Wildman–Crippen LogP) is 3.59. The highest BCUT2D eigenvalue weighted by Crippen LogP contribution is 2.34. The Morgan fingerprint density at radius 2 is 2.09 bits per heavy atom. The van der Waals surface area contributed by atoms with Crippen LogP contribution in [0.1, 0.15) is 50.6 Å². The highest BCUT2D eigenvalue weighted by molar-refractivity contribution is 6.12. The second-order valence-corrected chi connectivity index (χ2v) is 9.51. The lowest BCUT2D eigenvalue weighted by Gasteiger charge is -2.39. The molecule has 8 nitrogen and oxygen atoms in total. The second kappa shape index (κ2) is 9.29. The summed E-state index contributed by atoms with van der Waals surface area (Å²) in [6.07, 6.45) is 5.17. The molecule has 0 saturated carbocycles. The third-order valence-electron chi connectivity index (χ3n) is 7.35. The van der Waals surface area contributed by atoms with Gasteiger partial charge in [0.05, 0.1) is 17.7 Å². The molecule has 0 aliphatic carbocycles. The maximum absolute atomic E-state index is 13.4. The van der Waals surface area contributed by atoms with Gasteiger partial charge in [-0.1, -0.05) is 5.16 Å². The summed E-state index contributed by atoms with van der Waals surface area (Å²) in [4.78, 5) is 33.2. The molecule has 1 N–H and O–H groups in total. The zero-order valence-electron chi connectivity index (χ0n) is 19.2. The van der Waals surface area contributed by atoms with Gasteiger partial charge in [0.15, 0.2) is 5.58 Å². The molecule has 9 heteroatoms. The first-order valence-corrected chi connectivity index (χ1v) is 12.0. The summed E-state index contributed by atoms with van der Waals surface area (Å²) in [5, 5.41) is 14.2. The van der Waals surface area contributed by atoms with Gasteiger partial charge in [0.25, 0.3) is 0 Å². The third-order valence-corrected chi connectivity index (χ3v) is 7.35. The van der Waals surface area contributed by atoms with Gasteiger partial charge in [-0.25, -0.2) is 9.18 Å². The Bertz CT molecular complexity index is 1160. The molecule has 4 heterocycles. The predicted molar refractivity (Wildman–Crippen MR) is 124 cm³/mol. The normalized spacial score (nSPS) is 25.6. The Morgan fingerprint density at radius 1 is 1.29 bits per heavy atom. The molecule has 3 aliphatic rings. The molecule has 1 aromatic carbocycles. The van der Waals surface area contributed by atoms with Crippen LogP contribution in [0, 0.1) is 11.7 Å². The Hall–Kier alpha value is -3.07. The summed E-state index contributed by atoms with van der Waals surface area (Å²) in [5.74, 6) is -0.645. The van der Waals surface area contributed by atoms with E-state index in [1.807, 2.05) is 6.92 Å². The first-order chi connectivity index (χ1) is 16.4. The molecule has 1 amide bonds. The summed E-state index contributed by atoms with van der Waals surface area (Å²) in [5.41, 5.74) is 2.03. The topological polar surface area (TPSA) is 99.2 Å². The lowest BCUT2D eigenvalue weighted by Crippen LogP contribution is -2.51. The van der Waals surface area contributed by atoms with Gasteiger partial charge in [-0.05, 0) is 70.8 Å². The first kappa shape index (κ1) is 22.7. The molecule has 2 atom stereocenters. The van der Waals surface area contributed by atoms with Gasteiger partial charge in [-0.15, -0.1) is 0 Å². The zero-order valence-corrected chi connectivity index (χ0v) is 19.2. The molecule has 180 valence electrons. The maximum atomic E-state index is 13.4. The Labute approximate surface area is 197 Å². The molecule has 2 fully saturated rings. The molecule has 1 aromatic heterocycles. The number of carboxylic acid groups (broad SMARTS) is 1. The van der Waals surface area contributed by atoms with Crippen LogP contribution in [0.25, 0.3) is 11.0 Å². The number of carboxylic acids is 1. The van der Waals surface area contributed by atoms with Gasteiger partial charge in [0.1, 0.15) is 11.7 Å². The number of rotatable bonds is 5. The van der Waals surface area contributed by atoms with Crippen LogP contribution in [-0.2, 0) is 9.59 Å². The summed E-state index contributed by atoms with van der Waals surface area (Å²) in [7, 11) is 0. The maximum Gasteiger partial charge on any atom is 0.328 e. The fraction of sp³-hybridized carbons (Fsp3) is 0.520. The van der Waals surface area contributed by atoms with E-state index < -0.39 is 5.97 Å². The molecule has 5 rings (SSSR count). The highest BCUT2D eigenvalue weighted by Gasteiger charge is 2.39. The summed E-state index contributed by atoms with van der Waals surface area (Å²) < 4.78 is 18.8. The van der Waals surface area contributed by atoms with Gasteiger partial charge in [0.2, 0.25) is 5.91 Å². The first-order valence-electron chi connectivity index (χ1n) is 12.0. The van der Waals surface area contributed by atoms with Crippen LogP contribution in [0.3, 0.4) is 0 Å². The zero-order chi connectivity index (χ0) is 23.8. The van der Waals surface area contributed by atoms with Crippen molar-refractivity contribution in [2.75, 3.05) is 26.2 Å². The lowest BCUT2D eigenvalue weighted by molar-refractivity contribution is -0.134. The molecular formula is C25H29FN4O4. The van der Waals surface area contributed by atoms with E-state index in [0.29, 0.717) is 30.0 Å². The number of fused-ring (bicyclic) bond motifs is 2. The van der Waals surface area contributed by atoms with Crippen LogP contribution in [0.5, 0.6) is 0 Å². The number of amidine groups is 1. The molecule has 3 aliphatic heterocycles. The van der Waals surface area contributed by atoms with Crippen molar-refractivity contribution < 1.29 is 23.6 Å². The minimum Gasteiger partial charge on any atom is -0.478 e. The fourth-order valence-electron chi connectivity index (χ4n) is 5.50. The largest absolute Gasteiger partial charge is 0.478 e. The van der Waals surface area contributed by atoms with Gasteiger partial charge in [-0.3, -0.25) is 14.7 Å².